The van der Waals surface area contributed by atoms with Crippen molar-refractivity contribution < 1.29 is 8.42 Å². The van der Waals surface area contributed by atoms with Gasteiger partial charge in [0.1, 0.15) is 0 Å². The maximum absolute atomic E-state index is 12.1. The lowest BCUT2D eigenvalue weighted by Gasteiger charge is -2.22. The van der Waals surface area contributed by atoms with Gasteiger partial charge in [-0.2, -0.15) is 0 Å². The summed E-state index contributed by atoms with van der Waals surface area (Å²) in [6.07, 6.45) is 3.09. The zero-order chi connectivity index (χ0) is 12.8. The first kappa shape index (κ1) is 15.9. The fraction of sp³-hybridized carbons (Fsp3) is 1.00. The molecule has 0 saturated carbocycles. The van der Waals surface area contributed by atoms with E-state index in [1.165, 1.54) is 0 Å². The molecule has 0 aliphatic rings. The van der Waals surface area contributed by atoms with Gasteiger partial charge in [0.25, 0.3) is 0 Å². The zero-order valence-electron chi connectivity index (χ0n) is 11.1. The van der Waals surface area contributed by atoms with Crippen LogP contribution in [0.2, 0.25) is 0 Å². The summed E-state index contributed by atoms with van der Waals surface area (Å²) in [5.41, 5.74) is 5.95. The number of hydrogen-bond acceptors (Lipinski definition) is 3. The van der Waals surface area contributed by atoms with Crippen molar-refractivity contribution in [1.82, 2.24) is 0 Å². The third-order valence-corrected chi connectivity index (χ3v) is 5.35. The fourth-order valence-corrected chi connectivity index (χ4v) is 4.17. The Bertz CT molecular complexity index is 273. The fourth-order valence-electron chi connectivity index (χ4n) is 1.89. The topological polar surface area (TPSA) is 60.2 Å². The van der Waals surface area contributed by atoms with Crippen LogP contribution in [0.25, 0.3) is 0 Å². The molecule has 3 nitrogen and oxygen atoms in total. The summed E-state index contributed by atoms with van der Waals surface area (Å²) in [7, 11) is -3.01. The van der Waals surface area contributed by atoms with Crippen LogP contribution in [-0.4, -0.2) is 25.5 Å². The minimum atomic E-state index is -3.01. The molecule has 0 radical (unpaired) electrons. The molecule has 2 atom stereocenters. The summed E-state index contributed by atoms with van der Waals surface area (Å²) >= 11 is 0. The van der Waals surface area contributed by atoms with Crippen molar-refractivity contribution in [2.75, 3.05) is 5.75 Å². The van der Waals surface area contributed by atoms with Crippen LogP contribution in [0.15, 0.2) is 0 Å². The molecule has 98 valence electrons. The molecule has 0 saturated heterocycles. The van der Waals surface area contributed by atoms with E-state index < -0.39 is 9.84 Å². The molecule has 4 heteroatoms. The Morgan fingerprint density at radius 3 is 2.06 bits per heavy atom. The van der Waals surface area contributed by atoms with E-state index in [2.05, 4.69) is 0 Å². The summed E-state index contributed by atoms with van der Waals surface area (Å²) in [5, 5.41) is -0.355. The van der Waals surface area contributed by atoms with Crippen molar-refractivity contribution in [2.24, 2.45) is 11.7 Å². The molecule has 0 rings (SSSR count). The van der Waals surface area contributed by atoms with Crippen LogP contribution in [0.4, 0.5) is 0 Å². The first-order valence-corrected chi connectivity index (χ1v) is 8.03. The molecule has 2 N–H and O–H groups in total. The van der Waals surface area contributed by atoms with E-state index in [0.29, 0.717) is 12.3 Å². The standard InChI is InChI=1S/C12H27NO2S/c1-5-7-11(13)12(6-2)16(14,15)9-8-10(3)4/h10-12H,5-9,13H2,1-4H3. The van der Waals surface area contributed by atoms with Crippen LogP contribution < -0.4 is 5.73 Å². The molecular formula is C12H27NO2S. The Hall–Kier alpha value is -0.0900. The summed E-state index contributed by atoms with van der Waals surface area (Å²) < 4.78 is 24.2. The van der Waals surface area contributed by atoms with Gasteiger partial charge in [-0.1, -0.05) is 34.1 Å². The van der Waals surface area contributed by atoms with Crippen molar-refractivity contribution in [3.8, 4) is 0 Å². The molecule has 0 aliphatic carbocycles. The predicted octanol–water partition coefficient (Wildman–Crippen LogP) is 2.35. The van der Waals surface area contributed by atoms with Gasteiger partial charge in [-0.3, -0.25) is 0 Å². The molecule has 0 aliphatic heterocycles. The summed E-state index contributed by atoms with van der Waals surface area (Å²) in [4.78, 5) is 0. The number of rotatable bonds is 8. The number of hydrogen-bond donors (Lipinski definition) is 1. The highest BCUT2D eigenvalue weighted by Gasteiger charge is 2.28. The normalized spacial score (nSPS) is 16.4. The average molecular weight is 249 g/mol. The van der Waals surface area contributed by atoms with Gasteiger partial charge < -0.3 is 5.73 Å². The molecule has 16 heavy (non-hydrogen) atoms. The maximum Gasteiger partial charge on any atom is 0.154 e. The Morgan fingerprint density at radius 1 is 1.12 bits per heavy atom. The molecule has 0 aromatic carbocycles. The molecule has 0 aromatic rings. The second-order valence-corrected chi connectivity index (χ2v) is 7.29. The summed E-state index contributed by atoms with van der Waals surface area (Å²) in [6, 6.07) is -0.202. The van der Waals surface area contributed by atoms with Crippen LogP contribution >= 0.6 is 0 Å². The van der Waals surface area contributed by atoms with Gasteiger partial charge in [0, 0.05) is 6.04 Å². The molecule has 0 spiro atoms. The number of sulfone groups is 1. The van der Waals surface area contributed by atoms with E-state index in [1.807, 2.05) is 27.7 Å². The zero-order valence-corrected chi connectivity index (χ0v) is 11.9. The molecule has 0 fully saturated rings. The van der Waals surface area contributed by atoms with Crippen molar-refractivity contribution in [3.05, 3.63) is 0 Å². The Labute approximate surface area is 101 Å². The number of nitrogens with two attached hydrogens (primary N) is 1. The van der Waals surface area contributed by atoms with Crippen molar-refractivity contribution in [1.29, 1.82) is 0 Å². The largest absolute Gasteiger partial charge is 0.327 e. The van der Waals surface area contributed by atoms with E-state index >= 15 is 0 Å². The van der Waals surface area contributed by atoms with Gasteiger partial charge in [-0.05, 0) is 25.2 Å². The van der Waals surface area contributed by atoms with Crippen LogP contribution in [0.3, 0.4) is 0 Å². The van der Waals surface area contributed by atoms with Gasteiger partial charge in [0.15, 0.2) is 9.84 Å². The lowest BCUT2D eigenvalue weighted by molar-refractivity contribution is 0.510. The summed E-state index contributed by atoms with van der Waals surface area (Å²) in [6.45, 7) is 8.03. The highest BCUT2D eigenvalue weighted by Crippen LogP contribution is 2.16. The van der Waals surface area contributed by atoms with Crippen LogP contribution in [0, 0.1) is 5.92 Å². The minimum absolute atomic E-state index is 0.202. The van der Waals surface area contributed by atoms with E-state index in [0.717, 1.165) is 19.3 Å². The summed E-state index contributed by atoms with van der Waals surface area (Å²) in [5.74, 6) is 0.704. The molecule has 0 bridgehead atoms. The first-order valence-electron chi connectivity index (χ1n) is 6.32. The lowest BCUT2D eigenvalue weighted by Crippen LogP contribution is -2.41. The molecule has 0 amide bonds. The van der Waals surface area contributed by atoms with Gasteiger partial charge in [-0.25, -0.2) is 8.42 Å². The van der Waals surface area contributed by atoms with Crippen molar-refractivity contribution in [2.45, 2.75) is 64.7 Å². The quantitative estimate of drug-likeness (QED) is 0.718. The van der Waals surface area contributed by atoms with Crippen molar-refractivity contribution >= 4 is 9.84 Å². The Morgan fingerprint density at radius 2 is 1.69 bits per heavy atom. The lowest BCUT2D eigenvalue weighted by atomic mass is 10.1. The highest BCUT2D eigenvalue weighted by molar-refractivity contribution is 7.92. The SMILES string of the molecule is CCCC(N)C(CC)S(=O)(=O)CCC(C)C. The monoisotopic (exact) mass is 249 g/mol. The van der Waals surface area contributed by atoms with Gasteiger partial charge in [0.2, 0.25) is 0 Å². The Balaban J connectivity index is 4.54. The van der Waals surface area contributed by atoms with E-state index in [1.54, 1.807) is 0 Å². The second-order valence-electron chi connectivity index (χ2n) is 4.95. The second kappa shape index (κ2) is 7.28. The van der Waals surface area contributed by atoms with Crippen LogP contribution in [-0.2, 0) is 9.84 Å². The molecule has 2 unspecified atom stereocenters. The van der Waals surface area contributed by atoms with Crippen molar-refractivity contribution in [3.63, 3.8) is 0 Å². The molecular weight excluding hydrogens is 222 g/mol. The minimum Gasteiger partial charge on any atom is -0.327 e. The van der Waals surface area contributed by atoms with Crippen LogP contribution in [0.5, 0.6) is 0 Å². The van der Waals surface area contributed by atoms with E-state index in [-0.39, 0.29) is 17.0 Å². The molecule has 0 heterocycles. The third-order valence-electron chi connectivity index (χ3n) is 2.94. The molecule has 0 aromatic heterocycles. The first-order chi connectivity index (χ1) is 7.35. The van der Waals surface area contributed by atoms with Crippen LogP contribution in [0.1, 0.15) is 53.4 Å². The Kier molecular flexibility index (Phi) is 7.24. The van der Waals surface area contributed by atoms with Gasteiger partial charge >= 0.3 is 0 Å². The third kappa shape index (κ3) is 5.30. The smallest absolute Gasteiger partial charge is 0.154 e. The van der Waals surface area contributed by atoms with E-state index in [9.17, 15) is 8.42 Å². The highest BCUT2D eigenvalue weighted by atomic mass is 32.2. The van der Waals surface area contributed by atoms with E-state index in [4.69, 9.17) is 5.73 Å². The predicted molar refractivity (Wildman–Crippen MR) is 70.2 cm³/mol. The average Bonchev–Trinajstić information content (AvgIpc) is 2.16. The maximum atomic E-state index is 12.1. The van der Waals surface area contributed by atoms with Gasteiger partial charge in [-0.15, -0.1) is 0 Å². The van der Waals surface area contributed by atoms with Gasteiger partial charge in [0.05, 0.1) is 11.0 Å².